The Morgan fingerprint density at radius 2 is 1.91 bits per heavy atom. The summed E-state index contributed by atoms with van der Waals surface area (Å²) in [5.74, 6) is 0. The Balaban J connectivity index is 2.05. The molecule has 0 atom stereocenters. The largest absolute Gasteiger partial charge is 0.369 e. The lowest BCUT2D eigenvalue weighted by molar-refractivity contribution is -0.0945. The summed E-state index contributed by atoms with van der Waals surface area (Å²) < 4.78 is 0. The minimum Gasteiger partial charge on any atom is -0.369 e. The number of hydrogen-bond donors (Lipinski definition) is 1. The third kappa shape index (κ3) is 2.63. The number of anilines is 1. The molecule has 22 heavy (non-hydrogen) atoms. The van der Waals surface area contributed by atoms with E-state index in [1.165, 1.54) is 0 Å². The number of nitrogens with zero attached hydrogens (tertiary/aromatic N) is 4. The number of para-hydroxylation sites is 1. The lowest BCUT2D eigenvalue weighted by Crippen LogP contribution is -2.26. The fraction of sp³-hybridized carbons (Fsp3) is 0.235. The van der Waals surface area contributed by atoms with Crippen molar-refractivity contribution in [1.29, 1.82) is 0 Å². The van der Waals surface area contributed by atoms with Gasteiger partial charge in [0.15, 0.2) is 0 Å². The predicted octanol–water partition coefficient (Wildman–Crippen LogP) is 1.41. The Kier molecular flexibility index (Phi) is 4.01. The van der Waals surface area contributed by atoms with Gasteiger partial charge in [0.1, 0.15) is 11.0 Å². The summed E-state index contributed by atoms with van der Waals surface area (Å²) in [6, 6.07) is 18.4. The van der Waals surface area contributed by atoms with Crippen LogP contribution in [0.25, 0.3) is 16.7 Å². The van der Waals surface area contributed by atoms with Crippen LogP contribution >= 0.6 is 0 Å². The van der Waals surface area contributed by atoms with Gasteiger partial charge in [-0.15, -0.1) is 15.5 Å². The van der Waals surface area contributed by atoms with E-state index in [9.17, 15) is 0 Å². The van der Waals surface area contributed by atoms with Gasteiger partial charge in [0.25, 0.3) is 6.07 Å². The van der Waals surface area contributed by atoms with Gasteiger partial charge in [-0.05, 0) is 31.2 Å². The zero-order valence-corrected chi connectivity index (χ0v) is 12.5. The molecule has 0 radical (unpaired) electrons. The third-order valence-electron chi connectivity index (χ3n) is 3.61. The van der Waals surface area contributed by atoms with Gasteiger partial charge in [0, 0.05) is 13.1 Å². The van der Waals surface area contributed by atoms with Crippen LogP contribution in [0.5, 0.6) is 0 Å². The van der Waals surface area contributed by atoms with Crippen LogP contribution in [0.4, 0.5) is 5.69 Å². The molecule has 2 aromatic carbocycles. The van der Waals surface area contributed by atoms with E-state index in [0.717, 1.165) is 35.5 Å². The molecule has 1 N–H and O–H groups in total. The molecule has 0 saturated carbocycles. The van der Waals surface area contributed by atoms with Crippen molar-refractivity contribution in [2.75, 3.05) is 18.0 Å². The van der Waals surface area contributed by atoms with Crippen LogP contribution in [0.15, 0.2) is 48.5 Å². The van der Waals surface area contributed by atoms with Crippen LogP contribution in [0.3, 0.4) is 0 Å². The van der Waals surface area contributed by atoms with Crippen molar-refractivity contribution in [2.24, 2.45) is 0 Å². The number of aromatic nitrogens is 3. The molecule has 0 aliphatic carbocycles. The summed E-state index contributed by atoms with van der Waals surface area (Å²) in [6.07, 6.45) is 0.608. The van der Waals surface area contributed by atoms with Gasteiger partial charge in [0.2, 0.25) is 0 Å². The molecule has 5 heteroatoms. The second-order valence-corrected chi connectivity index (χ2v) is 4.98. The molecule has 3 rings (SSSR count). The van der Waals surface area contributed by atoms with E-state index in [2.05, 4.69) is 34.2 Å². The first kappa shape index (κ1) is 14.1. The number of benzene rings is 2. The molecule has 1 aromatic heterocycles. The first-order valence-electron chi connectivity index (χ1n) is 7.39. The summed E-state index contributed by atoms with van der Waals surface area (Å²) in [4.78, 5) is 3.87. The fourth-order valence-electron chi connectivity index (χ4n) is 2.49. The number of nitrogens with one attached hydrogen (secondary N) is 1. The van der Waals surface area contributed by atoms with Crippen molar-refractivity contribution in [2.45, 2.75) is 13.3 Å². The van der Waals surface area contributed by atoms with Gasteiger partial charge in [-0.1, -0.05) is 24.3 Å². The Hall–Kier alpha value is -2.87. The van der Waals surface area contributed by atoms with Crippen molar-refractivity contribution >= 4 is 16.7 Å². The van der Waals surface area contributed by atoms with Crippen LogP contribution in [-0.4, -0.2) is 28.1 Å². The second kappa shape index (κ2) is 6.27. The molecule has 5 nitrogen and oxygen atoms in total. The topological polar surface area (TPSA) is 57.8 Å². The maximum atomic E-state index is 7.10. The van der Waals surface area contributed by atoms with Crippen molar-refractivity contribution < 1.29 is 5.26 Å². The highest BCUT2D eigenvalue weighted by Gasteiger charge is 2.13. The molecule has 0 unspecified atom stereocenters. The monoisotopic (exact) mass is 292 g/mol. The van der Waals surface area contributed by atoms with E-state index in [1.54, 1.807) is 4.80 Å². The minimum absolute atomic E-state index is 0.608. The van der Waals surface area contributed by atoms with Gasteiger partial charge in [0.05, 0.1) is 17.8 Å². The minimum atomic E-state index is 0.608. The average Bonchev–Trinajstić information content (AvgIpc) is 3.01. The SMILES string of the molecule is CCN(CCC#[NH+])c1cccc2nn(-c3ccccc3)nc12. The molecule has 1 heterocycles. The molecule has 0 spiro atoms. The molecule has 110 valence electrons. The Labute approximate surface area is 129 Å². The highest BCUT2D eigenvalue weighted by Crippen LogP contribution is 2.24. The van der Waals surface area contributed by atoms with E-state index in [-0.39, 0.29) is 0 Å². The molecular weight excluding hydrogens is 274 g/mol. The highest BCUT2D eigenvalue weighted by molar-refractivity contribution is 5.88. The summed E-state index contributed by atoms with van der Waals surface area (Å²) in [7, 11) is 0. The van der Waals surface area contributed by atoms with Crippen molar-refractivity contribution in [3.8, 4) is 11.8 Å². The van der Waals surface area contributed by atoms with Gasteiger partial charge in [-0.25, -0.2) is 0 Å². The Morgan fingerprint density at radius 3 is 2.64 bits per heavy atom. The molecule has 3 aromatic rings. The number of hydrogen-bond acceptors (Lipinski definition) is 3. The van der Waals surface area contributed by atoms with Crippen molar-refractivity contribution in [3.63, 3.8) is 0 Å². The molecule has 0 aliphatic heterocycles. The average molecular weight is 292 g/mol. The summed E-state index contributed by atoms with van der Waals surface area (Å²) in [5, 5.41) is 16.3. The predicted molar refractivity (Wildman–Crippen MR) is 86.2 cm³/mol. The zero-order valence-electron chi connectivity index (χ0n) is 12.5. The standard InChI is InChI=1S/C17H17N5/c1-2-21(13-7-12-18)16-11-6-10-15-17(16)20-22(19-15)14-8-4-3-5-9-14/h3-6,8-11H,2,7,13H2,1H3/p+1. The van der Waals surface area contributed by atoms with Crippen LogP contribution < -0.4 is 10.2 Å². The zero-order chi connectivity index (χ0) is 15.4. The van der Waals surface area contributed by atoms with Crippen LogP contribution in [0, 0.1) is 6.07 Å². The quantitative estimate of drug-likeness (QED) is 0.773. The highest BCUT2D eigenvalue weighted by atomic mass is 15.5. The summed E-state index contributed by atoms with van der Waals surface area (Å²) >= 11 is 0. The molecule has 0 bridgehead atoms. The fourth-order valence-corrected chi connectivity index (χ4v) is 2.49. The van der Waals surface area contributed by atoms with Gasteiger partial charge in [-0.3, -0.25) is 0 Å². The first-order valence-corrected chi connectivity index (χ1v) is 7.39. The van der Waals surface area contributed by atoms with E-state index in [1.807, 2.05) is 42.5 Å². The summed E-state index contributed by atoms with van der Waals surface area (Å²) in [5.41, 5.74) is 3.76. The Bertz CT molecular complexity index is 801. The van der Waals surface area contributed by atoms with Crippen LogP contribution in [0.2, 0.25) is 0 Å². The molecular formula is C17H18N5+. The van der Waals surface area contributed by atoms with Gasteiger partial charge < -0.3 is 4.90 Å². The van der Waals surface area contributed by atoms with Gasteiger partial charge >= 0.3 is 0 Å². The van der Waals surface area contributed by atoms with E-state index < -0.39 is 0 Å². The lowest BCUT2D eigenvalue weighted by atomic mass is 10.2. The lowest BCUT2D eigenvalue weighted by Gasteiger charge is -2.21. The smallest absolute Gasteiger partial charge is 0.272 e. The van der Waals surface area contributed by atoms with Crippen molar-refractivity contribution in [1.82, 2.24) is 15.0 Å². The van der Waals surface area contributed by atoms with Crippen LogP contribution in [0.1, 0.15) is 13.3 Å². The number of fused-ring (bicyclic) bond motifs is 1. The van der Waals surface area contributed by atoms with E-state index in [4.69, 9.17) is 5.26 Å². The second-order valence-electron chi connectivity index (χ2n) is 4.98. The van der Waals surface area contributed by atoms with E-state index in [0.29, 0.717) is 6.42 Å². The van der Waals surface area contributed by atoms with Gasteiger partial charge in [-0.2, -0.15) is 4.80 Å². The molecule has 0 amide bonds. The first-order chi connectivity index (χ1) is 10.8. The van der Waals surface area contributed by atoms with Crippen LogP contribution in [-0.2, 0) is 0 Å². The summed E-state index contributed by atoms with van der Waals surface area (Å²) in [6.45, 7) is 3.72. The maximum absolute atomic E-state index is 7.10. The molecule has 0 saturated heterocycles. The Morgan fingerprint density at radius 1 is 1.09 bits per heavy atom. The number of rotatable bonds is 5. The third-order valence-corrected chi connectivity index (χ3v) is 3.61. The maximum Gasteiger partial charge on any atom is 0.272 e. The normalized spacial score (nSPS) is 10.5. The molecule has 0 aliphatic rings. The van der Waals surface area contributed by atoms with E-state index >= 15 is 0 Å². The molecule has 0 fully saturated rings. The van der Waals surface area contributed by atoms with Crippen molar-refractivity contribution in [3.05, 3.63) is 48.5 Å².